The number of carbonyl (C=O) groups is 1. The summed E-state index contributed by atoms with van der Waals surface area (Å²) in [5.74, 6) is 0. The van der Waals surface area contributed by atoms with Gasteiger partial charge in [-0.15, -0.1) is 0 Å². The Morgan fingerprint density at radius 2 is 1.86 bits per heavy atom. The van der Waals surface area contributed by atoms with Crippen LogP contribution in [0.4, 0.5) is 4.79 Å². The molecule has 0 aromatic rings. The van der Waals surface area contributed by atoms with Crippen LogP contribution >= 0.6 is 0 Å². The van der Waals surface area contributed by atoms with Crippen molar-refractivity contribution in [1.82, 2.24) is 4.90 Å². The normalized spacial score (nSPS) is 21.4. The van der Waals surface area contributed by atoms with Crippen LogP contribution in [-0.4, -0.2) is 52.8 Å². The van der Waals surface area contributed by atoms with E-state index < -0.39 is 16.4 Å². The molecular weight excluding hydrogens is 216 g/mol. The van der Waals surface area contributed by atoms with Crippen molar-refractivity contribution in [1.29, 1.82) is 0 Å². The average Bonchev–Trinajstić information content (AvgIpc) is 2.31. The molecule has 0 aromatic carbocycles. The smallest absolute Gasteiger partial charge is 0.391 e. The van der Waals surface area contributed by atoms with Crippen LogP contribution in [0.25, 0.3) is 0 Å². The Balaban J connectivity index is 0.000000292. The summed E-state index contributed by atoms with van der Waals surface area (Å²) in [7, 11) is -4.67. The number of urea groups is 1. The SMILES string of the molecule is NC(=O)N1CCC(O)C1.O=S(=O)(O)O. The summed E-state index contributed by atoms with van der Waals surface area (Å²) in [5, 5.41) is 8.90. The summed E-state index contributed by atoms with van der Waals surface area (Å²) in [5.41, 5.74) is 4.94. The van der Waals surface area contributed by atoms with Crippen LogP contribution in [0, 0.1) is 0 Å². The number of rotatable bonds is 0. The van der Waals surface area contributed by atoms with Crippen LogP contribution in [0.3, 0.4) is 0 Å². The van der Waals surface area contributed by atoms with E-state index in [1.165, 1.54) is 4.90 Å². The Morgan fingerprint density at radius 1 is 1.43 bits per heavy atom. The molecule has 1 fully saturated rings. The van der Waals surface area contributed by atoms with E-state index in [4.69, 9.17) is 28.4 Å². The first-order valence-corrected chi connectivity index (χ1v) is 5.02. The predicted octanol–water partition coefficient (Wildman–Crippen LogP) is -1.52. The molecule has 1 rings (SSSR count). The summed E-state index contributed by atoms with van der Waals surface area (Å²) in [6.45, 7) is 0.992. The lowest BCUT2D eigenvalue weighted by atomic mass is 10.3. The van der Waals surface area contributed by atoms with Crippen molar-refractivity contribution in [2.45, 2.75) is 12.5 Å². The summed E-state index contributed by atoms with van der Waals surface area (Å²) < 4.78 is 31.6. The molecule has 2 amide bonds. The van der Waals surface area contributed by atoms with Crippen LogP contribution in [0.15, 0.2) is 0 Å². The van der Waals surface area contributed by atoms with Gasteiger partial charge in [0.2, 0.25) is 0 Å². The van der Waals surface area contributed by atoms with Crippen molar-refractivity contribution in [3.05, 3.63) is 0 Å². The van der Waals surface area contributed by atoms with E-state index in [0.29, 0.717) is 19.5 Å². The number of carbonyl (C=O) groups excluding carboxylic acids is 1. The highest BCUT2D eigenvalue weighted by molar-refractivity contribution is 7.79. The Bertz CT molecular complexity index is 281. The molecule has 1 heterocycles. The topological polar surface area (TPSA) is 141 Å². The van der Waals surface area contributed by atoms with E-state index in [1.54, 1.807) is 0 Å². The monoisotopic (exact) mass is 228 g/mol. The number of nitrogens with two attached hydrogens (primary N) is 1. The van der Waals surface area contributed by atoms with E-state index in [0.717, 1.165) is 0 Å². The molecule has 1 atom stereocenters. The van der Waals surface area contributed by atoms with Crippen LogP contribution in [0.2, 0.25) is 0 Å². The number of β-amino-alcohol motifs (C(OH)–C–C–N with tert-alkyl or cyclic N) is 1. The van der Waals surface area contributed by atoms with Gasteiger partial charge in [-0.1, -0.05) is 0 Å². The molecule has 14 heavy (non-hydrogen) atoms. The lowest BCUT2D eigenvalue weighted by molar-refractivity contribution is 0.175. The molecule has 5 N–H and O–H groups in total. The highest BCUT2D eigenvalue weighted by atomic mass is 32.3. The molecule has 1 saturated heterocycles. The van der Waals surface area contributed by atoms with Gasteiger partial charge in [0.05, 0.1) is 6.10 Å². The predicted molar refractivity (Wildman–Crippen MR) is 46.0 cm³/mol. The molecule has 9 heteroatoms. The Labute approximate surface area is 80.9 Å². The van der Waals surface area contributed by atoms with E-state index in [-0.39, 0.29) is 6.10 Å². The highest BCUT2D eigenvalue weighted by Crippen LogP contribution is 2.06. The van der Waals surface area contributed by atoms with Gasteiger partial charge in [0.1, 0.15) is 0 Å². The standard InChI is InChI=1S/C5H10N2O2.H2O4S/c6-5(9)7-2-1-4(8)3-7;1-5(2,3)4/h4,8H,1-3H2,(H2,6,9);(H2,1,2,3,4). The zero-order chi connectivity index (χ0) is 11.4. The van der Waals surface area contributed by atoms with Gasteiger partial charge in [-0.2, -0.15) is 8.42 Å². The van der Waals surface area contributed by atoms with Crippen molar-refractivity contribution in [2.75, 3.05) is 13.1 Å². The fourth-order valence-electron chi connectivity index (χ4n) is 0.942. The minimum Gasteiger partial charge on any atom is -0.391 e. The number of aliphatic hydroxyl groups excluding tert-OH is 1. The third-order valence-corrected chi connectivity index (χ3v) is 1.48. The van der Waals surface area contributed by atoms with Crippen LogP contribution in [0.1, 0.15) is 6.42 Å². The summed E-state index contributed by atoms with van der Waals surface area (Å²) >= 11 is 0. The maximum absolute atomic E-state index is 10.4. The minimum atomic E-state index is -4.67. The zero-order valence-electron chi connectivity index (χ0n) is 7.20. The lowest BCUT2D eigenvalue weighted by Crippen LogP contribution is -2.34. The molecule has 0 saturated carbocycles. The van der Waals surface area contributed by atoms with Gasteiger partial charge >= 0.3 is 16.4 Å². The van der Waals surface area contributed by atoms with Gasteiger partial charge in [0.25, 0.3) is 0 Å². The second kappa shape index (κ2) is 5.10. The van der Waals surface area contributed by atoms with Crippen molar-refractivity contribution < 1.29 is 27.4 Å². The van der Waals surface area contributed by atoms with Crippen molar-refractivity contribution in [3.8, 4) is 0 Å². The second-order valence-electron chi connectivity index (χ2n) is 2.67. The quantitative estimate of drug-likeness (QED) is 0.371. The zero-order valence-corrected chi connectivity index (χ0v) is 8.01. The van der Waals surface area contributed by atoms with Crippen molar-refractivity contribution >= 4 is 16.4 Å². The van der Waals surface area contributed by atoms with E-state index in [2.05, 4.69) is 0 Å². The van der Waals surface area contributed by atoms with E-state index >= 15 is 0 Å². The Kier molecular flexibility index (Phi) is 4.77. The number of primary amides is 1. The maximum Gasteiger partial charge on any atom is 0.394 e. The van der Waals surface area contributed by atoms with E-state index in [9.17, 15) is 4.79 Å². The summed E-state index contributed by atoms with van der Waals surface area (Å²) in [6.07, 6.45) is 0.292. The first-order chi connectivity index (χ1) is 6.20. The molecule has 1 aliphatic rings. The van der Waals surface area contributed by atoms with Crippen LogP contribution in [0.5, 0.6) is 0 Å². The molecule has 8 nitrogen and oxygen atoms in total. The average molecular weight is 228 g/mol. The molecule has 1 aliphatic heterocycles. The van der Waals surface area contributed by atoms with Gasteiger partial charge in [-0.25, -0.2) is 4.79 Å². The molecule has 84 valence electrons. The molecule has 0 bridgehead atoms. The van der Waals surface area contributed by atoms with Gasteiger partial charge in [-0.05, 0) is 6.42 Å². The summed E-state index contributed by atoms with van der Waals surface area (Å²) in [4.78, 5) is 11.8. The number of nitrogens with zero attached hydrogens (tertiary/aromatic N) is 1. The third kappa shape index (κ3) is 7.73. The highest BCUT2D eigenvalue weighted by Gasteiger charge is 2.21. The van der Waals surface area contributed by atoms with Gasteiger partial charge in [0.15, 0.2) is 0 Å². The number of amides is 2. The van der Waals surface area contributed by atoms with Crippen LogP contribution in [-0.2, 0) is 10.4 Å². The van der Waals surface area contributed by atoms with Crippen molar-refractivity contribution in [2.24, 2.45) is 5.73 Å². The van der Waals surface area contributed by atoms with E-state index in [1.807, 2.05) is 0 Å². The third-order valence-electron chi connectivity index (χ3n) is 1.48. The van der Waals surface area contributed by atoms with Gasteiger partial charge in [-0.3, -0.25) is 9.11 Å². The van der Waals surface area contributed by atoms with Crippen molar-refractivity contribution in [3.63, 3.8) is 0 Å². The van der Waals surface area contributed by atoms with Gasteiger partial charge < -0.3 is 15.7 Å². The molecule has 0 radical (unpaired) electrons. The molecule has 0 aromatic heterocycles. The fourth-order valence-corrected chi connectivity index (χ4v) is 0.942. The molecular formula is C5H12N2O6S. The maximum atomic E-state index is 10.4. The second-order valence-corrected chi connectivity index (χ2v) is 3.57. The number of likely N-dealkylation sites (tertiary alicyclic amines) is 1. The fraction of sp³-hybridized carbons (Fsp3) is 0.800. The lowest BCUT2D eigenvalue weighted by Gasteiger charge is -2.10. The molecule has 0 spiro atoms. The summed E-state index contributed by atoms with van der Waals surface area (Å²) in [6, 6.07) is -0.438. The van der Waals surface area contributed by atoms with Gasteiger partial charge in [0, 0.05) is 13.1 Å². The van der Waals surface area contributed by atoms with Crippen LogP contribution < -0.4 is 5.73 Å². The Morgan fingerprint density at radius 3 is 2.00 bits per heavy atom. The number of hydrogen-bond donors (Lipinski definition) is 4. The minimum absolute atomic E-state index is 0.363. The first kappa shape index (κ1) is 13.1. The largest absolute Gasteiger partial charge is 0.394 e. The molecule has 1 unspecified atom stereocenters. The molecule has 0 aliphatic carbocycles. The number of aliphatic hydroxyl groups is 1. The number of hydrogen-bond acceptors (Lipinski definition) is 4. The first-order valence-electron chi connectivity index (χ1n) is 3.62. The Hall–Kier alpha value is -0.900.